The van der Waals surface area contributed by atoms with Crippen LogP contribution >= 0.6 is 0 Å². The molecule has 0 radical (unpaired) electrons. The van der Waals surface area contributed by atoms with Gasteiger partial charge in [-0.15, -0.1) is 0 Å². The van der Waals surface area contributed by atoms with Crippen LogP contribution in [0.5, 0.6) is 17.2 Å². The van der Waals surface area contributed by atoms with Crippen molar-refractivity contribution in [1.82, 2.24) is 0 Å². The summed E-state index contributed by atoms with van der Waals surface area (Å²) in [6.45, 7) is 0. The molecule has 1 unspecified atom stereocenters. The summed E-state index contributed by atoms with van der Waals surface area (Å²) in [4.78, 5) is 12.8. The minimum Gasteiger partial charge on any atom is -0.464 e. The summed E-state index contributed by atoms with van der Waals surface area (Å²) in [5.74, 6) is 2.14. The van der Waals surface area contributed by atoms with Gasteiger partial charge in [0.15, 0.2) is 17.7 Å². The van der Waals surface area contributed by atoms with Gasteiger partial charge in [-0.2, -0.15) is 0 Å². The van der Waals surface area contributed by atoms with E-state index in [1.807, 2.05) is 91.8 Å². The third-order valence-electron chi connectivity index (χ3n) is 4.19. The van der Waals surface area contributed by atoms with Gasteiger partial charge in [0, 0.05) is 25.3 Å². The second-order valence-corrected chi connectivity index (χ2v) is 6.26. The lowest BCUT2D eigenvalue weighted by Gasteiger charge is -2.13. The zero-order chi connectivity index (χ0) is 17.9. The van der Waals surface area contributed by atoms with E-state index in [1.54, 1.807) is 0 Å². The highest BCUT2D eigenvalue weighted by Crippen LogP contribution is 2.37. The van der Waals surface area contributed by atoms with Crippen molar-refractivity contribution in [3.8, 4) is 17.2 Å². The molecule has 1 aliphatic rings. The normalized spacial score (nSPS) is 14.8. The van der Waals surface area contributed by atoms with Crippen LogP contribution < -0.4 is 24.7 Å². The Morgan fingerprint density at radius 1 is 0.808 bits per heavy atom. The maximum atomic E-state index is 5.91. The highest BCUT2D eigenvalue weighted by molar-refractivity contribution is 5.60. The fraction of sp³-hybridized carbons (Fsp3) is 0.143. The number of nitrogens with zero attached hydrogens (tertiary/aromatic N) is 1. The van der Waals surface area contributed by atoms with E-state index in [0.717, 1.165) is 22.7 Å². The molecule has 132 valence electrons. The molecule has 5 nitrogen and oxygen atoms in total. The predicted octanol–water partition coefficient (Wildman–Crippen LogP) is 4.63. The van der Waals surface area contributed by atoms with Crippen LogP contribution in [0, 0.1) is 0 Å². The zero-order valence-electron chi connectivity index (χ0n) is 14.7. The van der Waals surface area contributed by atoms with Crippen LogP contribution in [0.25, 0.3) is 0 Å². The first-order valence-electron chi connectivity index (χ1n) is 8.43. The predicted molar refractivity (Wildman–Crippen MR) is 102 cm³/mol. The minimum absolute atomic E-state index is 0.194. The van der Waals surface area contributed by atoms with Crippen LogP contribution in [-0.4, -0.2) is 14.1 Å². The van der Waals surface area contributed by atoms with Gasteiger partial charge in [0.2, 0.25) is 0 Å². The summed E-state index contributed by atoms with van der Waals surface area (Å²) in [5.41, 5.74) is 3.12. The number of rotatable bonds is 5. The van der Waals surface area contributed by atoms with Crippen LogP contribution in [0.15, 0.2) is 72.8 Å². The van der Waals surface area contributed by atoms with Crippen molar-refractivity contribution in [3.63, 3.8) is 0 Å². The van der Waals surface area contributed by atoms with Gasteiger partial charge in [-0.1, -0.05) is 12.1 Å². The molecule has 1 N–H and O–H groups in total. The van der Waals surface area contributed by atoms with Gasteiger partial charge < -0.3 is 15.0 Å². The SMILES string of the molecule is CN(C)c1ccc(OOc2ccc(C3Nc4ccccc4O3)cc2)cc1. The quantitative estimate of drug-likeness (QED) is 0.538. The second-order valence-electron chi connectivity index (χ2n) is 6.26. The molecule has 0 spiro atoms. The molecule has 3 aromatic carbocycles. The summed E-state index contributed by atoms with van der Waals surface area (Å²) >= 11 is 0. The first kappa shape index (κ1) is 16.1. The molecule has 0 bridgehead atoms. The van der Waals surface area contributed by atoms with Gasteiger partial charge in [-0.05, 0) is 60.7 Å². The highest BCUT2D eigenvalue weighted by Gasteiger charge is 2.22. The van der Waals surface area contributed by atoms with Crippen molar-refractivity contribution in [2.75, 3.05) is 24.3 Å². The van der Waals surface area contributed by atoms with E-state index in [1.165, 1.54) is 0 Å². The Labute approximate surface area is 152 Å². The maximum absolute atomic E-state index is 5.91. The molecule has 0 fully saturated rings. The molecule has 0 aromatic heterocycles. The zero-order valence-corrected chi connectivity index (χ0v) is 14.7. The standard InChI is InChI=1S/C21H20N2O3/c1-23(2)16-9-13-18(14-10-16)26-25-17-11-7-15(8-12-17)21-22-19-5-3-4-6-20(19)24-21/h3-14,21-22H,1-2H3. The van der Waals surface area contributed by atoms with E-state index >= 15 is 0 Å². The molecule has 0 saturated carbocycles. The van der Waals surface area contributed by atoms with Crippen LogP contribution in [0.4, 0.5) is 11.4 Å². The highest BCUT2D eigenvalue weighted by atomic mass is 17.2. The van der Waals surface area contributed by atoms with Crippen molar-refractivity contribution in [1.29, 1.82) is 0 Å². The third kappa shape index (κ3) is 3.37. The molecule has 3 aromatic rings. The van der Waals surface area contributed by atoms with Crippen molar-refractivity contribution in [2.45, 2.75) is 6.23 Å². The Balaban J connectivity index is 1.36. The lowest BCUT2D eigenvalue weighted by molar-refractivity contribution is -0.0999. The van der Waals surface area contributed by atoms with Crippen molar-refractivity contribution in [3.05, 3.63) is 78.4 Å². The summed E-state index contributed by atoms with van der Waals surface area (Å²) in [5, 5.41) is 3.34. The van der Waals surface area contributed by atoms with E-state index in [-0.39, 0.29) is 6.23 Å². The van der Waals surface area contributed by atoms with Crippen LogP contribution in [-0.2, 0) is 0 Å². The van der Waals surface area contributed by atoms with Gasteiger partial charge in [0.1, 0.15) is 5.75 Å². The Kier molecular flexibility index (Phi) is 4.27. The maximum Gasteiger partial charge on any atom is 0.196 e. The average molecular weight is 348 g/mol. The Morgan fingerprint density at radius 2 is 1.42 bits per heavy atom. The van der Waals surface area contributed by atoms with E-state index in [9.17, 15) is 0 Å². The smallest absolute Gasteiger partial charge is 0.196 e. The molecule has 0 saturated heterocycles. The molecule has 0 amide bonds. The number of nitrogens with one attached hydrogen (secondary N) is 1. The summed E-state index contributed by atoms with van der Waals surface area (Å²) in [7, 11) is 3.99. The molecule has 26 heavy (non-hydrogen) atoms. The monoisotopic (exact) mass is 348 g/mol. The number of para-hydroxylation sites is 2. The van der Waals surface area contributed by atoms with E-state index < -0.39 is 0 Å². The number of hydrogen-bond donors (Lipinski definition) is 1. The fourth-order valence-electron chi connectivity index (χ4n) is 2.73. The van der Waals surface area contributed by atoms with Gasteiger partial charge in [0.25, 0.3) is 0 Å². The molecule has 1 atom stereocenters. The molecule has 1 heterocycles. The molecule has 0 aliphatic carbocycles. The van der Waals surface area contributed by atoms with Gasteiger partial charge in [-0.25, -0.2) is 0 Å². The number of hydrogen-bond acceptors (Lipinski definition) is 5. The van der Waals surface area contributed by atoms with Crippen LogP contribution in [0.1, 0.15) is 11.8 Å². The second kappa shape index (κ2) is 6.88. The Hall–Kier alpha value is -3.34. The minimum atomic E-state index is -0.194. The number of ether oxygens (including phenoxy) is 1. The summed E-state index contributed by atoms with van der Waals surface area (Å²) in [6, 6.07) is 23.2. The van der Waals surface area contributed by atoms with Gasteiger partial charge in [-0.3, -0.25) is 9.78 Å². The number of fused-ring (bicyclic) bond motifs is 1. The average Bonchev–Trinajstić information content (AvgIpc) is 3.11. The fourth-order valence-corrected chi connectivity index (χ4v) is 2.73. The van der Waals surface area contributed by atoms with Crippen LogP contribution in [0.3, 0.4) is 0 Å². The van der Waals surface area contributed by atoms with E-state index in [2.05, 4.69) is 5.32 Å². The third-order valence-corrected chi connectivity index (χ3v) is 4.19. The topological polar surface area (TPSA) is 43.0 Å². The first-order chi connectivity index (χ1) is 12.7. The molecule has 5 heteroatoms. The number of anilines is 2. The van der Waals surface area contributed by atoms with Crippen molar-refractivity contribution >= 4 is 11.4 Å². The van der Waals surface area contributed by atoms with E-state index in [0.29, 0.717) is 11.5 Å². The summed E-state index contributed by atoms with van der Waals surface area (Å²) in [6.07, 6.45) is -0.194. The molecule has 4 rings (SSSR count). The van der Waals surface area contributed by atoms with Crippen molar-refractivity contribution < 1.29 is 14.5 Å². The van der Waals surface area contributed by atoms with Crippen LogP contribution in [0.2, 0.25) is 0 Å². The van der Waals surface area contributed by atoms with Gasteiger partial charge >= 0.3 is 0 Å². The molecular formula is C21H20N2O3. The lowest BCUT2D eigenvalue weighted by Crippen LogP contribution is -2.10. The Bertz CT molecular complexity index is 852. The first-order valence-corrected chi connectivity index (χ1v) is 8.43. The van der Waals surface area contributed by atoms with Gasteiger partial charge in [0.05, 0.1) is 5.69 Å². The summed E-state index contributed by atoms with van der Waals surface area (Å²) < 4.78 is 5.91. The largest absolute Gasteiger partial charge is 0.464 e. The molecule has 1 aliphatic heterocycles. The lowest BCUT2D eigenvalue weighted by atomic mass is 10.2. The Morgan fingerprint density at radius 3 is 2.04 bits per heavy atom. The number of benzene rings is 3. The van der Waals surface area contributed by atoms with Crippen molar-refractivity contribution in [2.24, 2.45) is 0 Å². The molecular weight excluding hydrogens is 328 g/mol. The van der Waals surface area contributed by atoms with E-state index in [4.69, 9.17) is 14.5 Å².